The lowest BCUT2D eigenvalue weighted by Crippen LogP contribution is -2.46. The lowest BCUT2D eigenvalue weighted by molar-refractivity contribution is -0.150. The molecule has 18 nitrogen and oxygen atoms in total. The molecule has 26 heteroatoms. The molecule has 4 aromatic carbocycles. The normalized spacial score (nSPS) is 16.1. The molecule has 4 aliphatic rings. The van der Waals surface area contributed by atoms with Crippen molar-refractivity contribution in [1.29, 1.82) is 0 Å². The van der Waals surface area contributed by atoms with Gasteiger partial charge in [-0.15, -0.1) is 22.7 Å². The number of alkyl carbamates (subject to hydrolysis) is 2. The van der Waals surface area contributed by atoms with Crippen LogP contribution >= 0.6 is 22.7 Å². The quantitative estimate of drug-likeness (QED) is 0.0665. The highest BCUT2D eigenvalue weighted by molar-refractivity contribution is 7.11. The summed E-state index contributed by atoms with van der Waals surface area (Å²) in [6.45, 7) is 18.0. The smallest absolute Gasteiger partial charge is 0.416 e. The minimum atomic E-state index is -4.54. The highest BCUT2D eigenvalue weighted by atomic mass is 32.1. The number of thiazole rings is 2. The minimum Gasteiger partial charge on any atom is -0.444 e. The SMILES string of the molecule is C[C@@H](NC(=O)c1csc(C2=CCN(C(=O)C3COC3)CC2)n1)c1ccc(-c2cc(C(F)(F)F)ccc2CNC(=O)OC(C)(C)C)cc1.C[C@@H](NC(=O)c1csc(C2=CCN(C(=O)C3COC3)CC2)n1)c1ccc(-c2cc(C(F)(F)F)ccc2CNC(=O)OC(C)(C)C)cc1. The summed E-state index contributed by atoms with van der Waals surface area (Å²) >= 11 is 2.75. The van der Waals surface area contributed by atoms with E-state index in [1.54, 1.807) is 101 Å². The van der Waals surface area contributed by atoms with Gasteiger partial charge in [-0.05, 0) is 148 Å². The van der Waals surface area contributed by atoms with Gasteiger partial charge in [0.1, 0.15) is 32.6 Å². The Hall–Kier alpha value is -8.46. The van der Waals surface area contributed by atoms with Crippen molar-refractivity contribution in [1.82, 2.24) is 41.0 Å². The van der Waals surface area contributed by atoms with Crippen molar-refractivity contribution in [2.75, 3.05) is 52.6 Å². The Kier molecular flexibility index (Phi) is 21.9. The first kappa shape index (κ1) is 69.9. The number of hydrogen-bond donors (Lipinski definition) is 4. The molecule has 2 fully saturated rings. The molecule has 10 rings (SSSR count). The molecule has 6 aromatic rings. The summed E-state index contributed by atoms with van der Waals surface area (Å²) in [4.78, 5) is 88.2. The van der Waals surface area contributed by atoms with Crippen molar-refractivity contribution in [3.8, 4) is 22.3 Å². The molecular formula is C68H74F6N8O10S2. The summed E-state index contributed by atoms with van der Waals surface area (Å²) in [6.07, 6.45) is -5.17. The van der Waals surface area contributed by atoms with E-state index < -0.39 is 59.0 Å². The predicted octanol–water partition coefficient (Wildman–Crippen LogP) is 13.2. The number of ether oxygens (including phenoxy) is 4. The number of carbonyl (C=O) groups excluding carboxylic acids is 6. The van der Waals surface area contributed by atoms with Gasteiger partial charge >= 0.3 is 24.5 Å². The molecule has 0 spiro atoms. The average Bonchev–Trinajstić information content (AvgIpc) is 1.15. The number of carbonyl (C=O) groups is 6. The largest absolute Gasteiger partial charge is 0.444 e. The van der Waals surface area contributed by atoms with Crippen LogP contribution in [0.1, 0.15) is 145 Å². The topological polar surface area (TPSA) is 220 Å². The zero-order chi connectivity index (χ0) is 67.9. The van der Waals surface area contributed by atoms with E-state index in [-0.39, 0.29) is 59.9 Å². The number of nitrogens with zero attached hydrogens (tertiary/aromatic N) is 4. The summed E-state index contributed by atoms with van der Waals surface area (Å²) in [5.74, 6) is -0.586. The van der Waals surface area contributed by atoms with Gasteiger partial charge in [0.05, 0.1) is 61.5 Å². The lowest BCUT2D eigenvalue weighted by Gasteiger charge is -2.33. The van der Waals surface area contributed by atoms with Crippen molar-refractivity contribution in [2.45, 2.75) is 117 Å². The van der Waals surface area contributed by atoms with Gasteiger partial charge in [0.15, 0.2) is 0 Å². The fourth-order valence-electron chi connectivity index (χ4n) is 10.4. The number of benzene rings is 4. The minimum absolute atomic E-state index is 0.0323. The van der Waals surface area contributed by atoms with Crippen LogP contribution in [-0.4, -0.2) is 119 Å². The monoisotopic (exact) mass is 1340 g/mol. The van der Waals surface area contributed by atoms with E-state index in [0.29, 0.717) is 98.8 Å². The van der Waals surface area contributed by atoms with Crippen LogP contribution in [0.2, 0.25) is 0 Å². The first-order valence-corrected chi connectivity index (χ1v) is 32.3. The molecule has 2 saturated heterocycles. The standard InChI is InChI=1S/2C34H37F3N4O5S/c2*1-20(39-29(42)28-19-47-30(40-28)23-11-13-41(14-12-23)31(43)25-17-45-18-25)21-5-7-22(8-6-21)27-15-26(34(35,36)37)10-9-24(27)16-38-32(44)46-33(2,3)4/h2*5-11,15,19-20,25H,12-14,16-18H2,1-4H3,(H,38,44)(H,39,42)/t2*20-/m11/s1. The fourth-order valence-corrected chi connectivity index (χ4v) is 12.1. The zero-order valence-electron chi connectivity index (χ0n) is 53.1. The Morgan fingerprint density at radius 2 is 0.915 bits per heavy atom. The first-order valence-electron chi connectivity index (χ1n) is 30.5. The van der Waals surface area contributed by atoms with Crippen LogP contribution in [0.4, 0.5) is 35.9 Å². The van der Waals surface area contributed by atoms with Crippen molar-refractivity contribution in [3.63, 3.8) is 0 Å². The van der Waals surface area contributed by atoms with Crippen LogP contribution in [0.25, 0.3) is 33.4 Å². The van der Waals surface area contributed by atoms with Crippen LogP contribution in [0.3, 0.4) is 0 Å². The number of alkyl halides is 6. The van der Waals surface area contributed by atoms with Crippen molar-refractivity contribution < 1.29 is 74.1 Å². The third-order valence-corrected chi connectivity index (χ3v) is 17.5. The molecule has 0 aliphatic carbocycles. The molecule has 0 bridgehead atoms. The number of hydrogen-bond acceptors (Lipinski definition) is 14. The molecule has 4 N–H and O–H groups in total. The van der Waals surface area contributed by atoms with Crippen molar-refractivity contribution >= 4 is 69.6 Å². The van der Waals surface area contributed by atoms with Crippen LogP contribution in [-0.2, 0) is 54.0 Å². The van der Waals surface area contributed by atoms with Gasteiger partial charge in [-0.3, -0.25) is 19.2 Å². The Morgan fingerprint density at radius 1 is 0.553 bits per heavy atom. The maximum absolute atomic E-state index is 13.6. The summed E-state index contributed by atoms with van der Waals surface area (Å²) in [5.41, 5.74) is 3.64. The van der Waals surface area contributed by atoms with Crippen molar-refractivity contribution in [2.24, 2.45) is 11.8 Å². The highest BCUT2D eigenvalue weighted by Gasteiger charge is 2.35. The van der Waals surface area contributed by atoms with Crippen molar-refractivity contribution in [3.05, 3.63) is 163 Å². The fraction of sp³-hybridized carbons (Fsp3) is 0.412. The third kappa shape index (κ3) is 18.5. The highest BCUT2D eigenvalue weighted by Crippen LogP contribution is 2.38. The van der Waals surface area contributed by atoms with E-state index in [2.05, 4.69) is 31.2 Å². The van der Waals surface area contributed by atoms with Gasteiger partial charge in [0, 0.05) is 50.0 Å². The second-order valence-corrected chi connectivity index (χ2v) is 26.9. The maximum atomic E-state index is 13.6. The molecule has 0 saturated carbocycles. The number of rotatable bonds is 16. The number of halogens is 6. The second-order valence-electron chi connectivity index (χ2n) is 25.2. The Bertz CT molecular complexity index is 3560. The molecule has 6 heterocycles. The summed E-state index contributed by atoms with van der Waals surface area (Å²) < 4.78 is 102. The van der Waals surface area contributed by atoms with Gasteiger partial charge in [-0.1, -0.05) is 72.8 Å². The molecule has 94 heavy (non-hydrogen) atoms. The third-order valence-electron chi connectivity index (χ3n) is 15.7. The van der Waals surface area contributed by atoms with Gasteiger partial charge < -0.3 is 50.0 Å². The average molecular weight is 1340 g/mol. The molecular weight excluding hydrogens is 1270 g/mol. The van der Waals surface area contributed by atoms with Crippen LogP contribution < -0.4 is 21.3 Å². The lowest BCUT2D eigenvalue weighted by atomic mass is 9.95. The van der Waals surface area contributed by atoms with Gasteiger partial charge in [0.25, 0.3) is 11.8 Å². The summed E-state index contributed by atoms with van der Waals surface area (Å²) in [6, 6.07) is 19.7. The van der Waals surface area contributed by atoms with Gasteiger partial charge in [-0.25, -0.2) is 19.6 Å². The van der Waals surface area contributed by atoms with E-state index in [1.165, 1.54) is 34.8 Å². The Labute approximate surface area is 548 Å². The van der Waals surface area contributed by atoms with Crippen LogP contribution in [0.5, 0.6) is 0 Å². The second kappa shape index (κ2) is 29.5. The molecule has 6 amide bonds. The van der Waals surface area contributed by atoms with E-state index in [1.807, 2.05) is 35.8 Å². The molecule has 2 atom stereocenters. The Balaban J connectivity index is 0.000000221. The zero-order valence-corrected chi connectivity index (χ0v) is 54.8. The van der Waals surface area contributed by atoms with E-state index in [4.69, 9.17) is 18.9 Å². The number of nitrogens with one attached hydrogen (secondary N) is 4. The molecule has 2 aromatic heterocycles. The van der Waals surface area contributed by atoms with Crippen LogP contribution in [0, 0.1) is 11.8 Å². The summed E-state index contributed by atoms with van der Waals surface area (Å²) in [7, 11) is 0. The first-order chi connectivity index (χ1) is 44.3. The van der Waals surface area contributed by atoms with Gasteiger partial charge in [-0.2, -0.15) is 26.3 Å². The Morgan fingerprint density at radius 3 is 1.21 bits per heavy atom. The molecule has 500 valence electrons. The van der Waals surface area contributed by atoms with Crippen LogP contribution in [0.15, 0.2) is 108 Å². The molecule has 4 aliphatic heterocycles. The number of aromatic nitrogens is 2. The van der Waals surface area contributed by atoms with E-state index in [9.17, 15) is 55.1 Å². The molecule has 0 radical (unpaired) electrons. The predicted molar refractivity (Wildman–Crippen MR) is 343 cm³/mol. The maximum Gasteiger partial charge on any atom is 0.416 e. The van der Waals surface area contributed by atoms with E-state index in [0.717, 1.165) is 56.6 Å². The van der Waals surface area contributed by atoms with E-state index >= 15 is 0 Å². The van der Waals surface area contributed by atoms with Gasteiger partial charge in [0.2, 0.25) is 11.8 Å². The summed E-state index contributed by atoms with van der Waals surface area (Å²) in [5, 5.41) is 16.0. The number of amides is 6. The molecule has 0 unspecified atom stereocenters.